The Labute approximate surface area is 204 Å². The zero-order chi connectivity index (χ0) is 23.2. The Morgan fingerprint density at radius 2 is 2.00 bits per heavy atom. The maximum Gasteiger partial charge on any atom is 0.268 e. The molecule has 6 aliphatic carbocycles. The molecule has 1 aliphatic heterocycles. The second kappa shape index (κ2) is 9.13. The zero-order valence-electron chi connectivity index (χ0n) is 20.8. The van der Waals surface area contributed by atoms with Gasteiger partial charge >= 0.3 is 0 Å². The normalized spacial score (nSPS) is 30.2. The largest absolute Gasteiger partial charge is 0.320 e. The first kappa shape index (κ1) is 22.3. The lowest BCUT2D eigenvalue weighted by Crippen LogP contribution is -2.58. The van der Waals surface area contributed by atoms with Gasteiger partial charge in [0, 0.05) is 23.5 Å². The Balaban J connectivity index is 1.27. The van der Waals surface area contributed by atoms with Gasteiger partial charge in [-0.25, -0.2) is 5.43 Å². The molecule has 180 valence electrons. The number of nitrogens with zero attached hydrogens (tertiary/aromatic N) is 1. The van der Waals surface area contributed by atoms with Gasteiger partial charge in [0.2, 0.25) is 0 Å². The van der Waals surface area contributed by atoms with Gasteiger partial charge in [-0.05, 0) is 86.7 Å². The summed E-state index contributed by atoms with van der Waals surface area (Å²) in [5, 5.41) is 5.29. The zero-order valence-corrected chi connectivity index (χ0v) is 20.8. The Hall–Kier alpha value is -2.17. The fourth-order valence-electron chi connectivity index (χ4n) is 6.61. The summed E-state index contributed by atoms with van der Waals surface area (Å²) >= 11 is 0. The molecule has 7 aliphatic rings. The fourth-order valence-corrected chi connectivity index (χ4v) is 6.61. The van der Waals surface area contributed by atoms with Crippen molar-refractivity contribution in [3.05, 3.63) is 69.9 Å². The third-order valence-corrected chi connectivity index (χ3v) is 8.87. The van der Waals surface area contributed by atoms with Crippen molar-refractivity contribution in [3.8, 4) is 0 Å². The van der Waals surface area contributed by atoms with Gasteiger partial charge in [-0.15, -0.1) is 0 Å². The summed E-state index contributed by atoms with van der Waals surface area (Å²) in [5.41, 5.74) is 12.3. The van der Waals surface area contributed by atoms with Gasteiger partial charge in [0.25, 0.3) is 5.91 Å². The van der Waals surface area contributed by atoms with Crippen LogP contribution in [0, 0.1) is 17.8 Å². The van der Waals surface area contributed by atoms with Crippen molar-refractivity contribution in [2.75, 3.05) is 13.6 Å². The Morgan fingerprint density at radius 3 is 2.74 bits per heavy atom. The van der Waals surface area contributed by atoms with E-state index in [2.05, 4.69) is 54.1 Å². The van der Waals surface area contributed by atoms with Crippen molar-refractivity contribution in [2.24, 2.45) is 17.8 Å². The fraction of sp³-hybridized carbons (Fsp3) is 0.567. The third-order valence-electron chi connectivity index (χ3n) is 8.87. The highest BCUT2D eigenvalue weighted by atomic mass is 16.2. The van der Waals surface area contributed by atoms with Gasteiger partial charge in [0.05, 0.1) is 6.04 Å². The Kier molecular flexibility index (Phi) is 5.99. The van der Waals surface area contributed by atoms with Crippen molar-refractivity contribution in [3.63, 3.8) is 0 Å². The molecule has 4 nitrogen and oxygen atoms in total. The van der Waals surface area contributed by atoms with Gasteiger partial charge in [-0.2, -0.15) is 0 Å². The van der Waals surface area contributed by atoms with Gasteiger partial charge in [0.1, 0.15) is 0 Å². The molecule has 0 saturated heterocycles. The van der Waals surface area contributed by atoms with Crippen LogP contribution in [0.2, 0.25) is 0 Å². The summed E-state index contributed by atoms with van der Waals surface area (Å²) < 4.78 is 0. The summed E-state index contributed by atoms with van der Waals surface area (Å²) in [7, 11) is 2.01. The standard InChI is InChI=1S/C30H39N3O/c1-3-7-22(12-6-17-31-2)33-30(34)24-16-15-23-27-28(23)29(27)26(24)25(32-33)18-19-8-4-9-21(14-13-19)20-10-5-11-20/h4,8,13-16,20,22-23,25,29,31-32H,3,5-7,9-12,17-18H2,1-2H3. The van der Waals surface area contributed by atoms with Crippen LogP contribution in [-0.2, 0) is 4.79 Å². The molecule has 0 aromatic heterocycles. The van der Waals surface area contributed by atoms with Crippen molar-refractivity contribution in [1.29, 1.82) is 0 Å². The minimum absolute atomic E-state index is 0.187. The topological polar surface area (TPSA) is 44.4 Å². The van der Waals surface area contributed by atoms with E-state index >= 15 is 0 Å². The number of nitrogens with one attached hydrogen (secondary N) is 2. The van der Waals surface area contributed by atoms with E-state index in [9.17, 15) is 4.79 Å². The van der Waals surface area contributed by atoms with Gasteiger partial charge in [-0.1, -0.05) is 61.8 Å². The molecule has 0 radical (unpaired) electrons. The molecule has 7 rings (SSSR count). The molecule has 1 saturated carbocycles. The van der Waals surface area contributed by atoms with Crippen LogP contribution < -0.4 is 10.7 Å². The molecule has 0 spiro atoms. The SMILES string of the molecule is CCCC(CCCNC)N1NC(CC2=CC=C(C3CCC3)CC=C2)C2=C(C=CC3C4=C3C24)C1=O. The Morgan fingerprint density at radius 1 is 1.15 bits per heavy atom. The van der Waals surface area contributed by atoms with Crippen LogP contribution in [0.4, 0.5) is 0 Å². The molecule has 2 N–H and O–H groups in total. The number of rotatable bonds is 10. The van der Waals surface area contributed by atoms with E-state index in [0.29, 0.717) is 11.8 Å². The van der Waals surface area contributed by atoms with Gasteiger partial charge in [0.15, 0.2) is 0 Å². The van der Waals surface area contributed by atoms with E-state index in [1.165, 1.54) is 30.4 Å². The summed E-state index contributed by atoms with van der Waals surface area (Å²) in [5.74, 6) is 2.04. The number of hydrogen-bond donors (Lipinski definition) is 2. The number of allylic oxidation sites excluding steroid dienone is 8. The van der Waals surface area contributed by atoms with E-state index in [-0.39, 0.29) is 18.0 Å². The molecule has 1 heterocycles. The predicted octanol–water partition coefficient (Wildman–Crippen LogP) is 5.30. The van der Waals surface area contributed by atoms with Crippen molar-refractivity contribution in [2.45, 2.75) is 76.8 Å². The van der Waals surface area contributed by atoms with Gasteiger partial charge in [-0.3, -0.25) is 9.80 Å². The van der Waals surface area contributed by atoms with E-state index < -0.39 is 0 Å². The maximum absolute atomic E-state index is 13.8. The third kappa shape index (κ3) is 3.89. The maximum atomic E-state index is 13.8. The minimum atomic E-state index is 0.187. The van der Waals surface area contributed by atoms with Gasteiger partial charge < -0.3 is 5.32 Å². The molecule has 1 fully saturated rings. The highest BCUT2D eigenvalue weighted by molar-refractivity contribution is 6.00. The van der Waals surface area contributed by atoms with E-state index in [1.807, 2.05) is 12.1 Å². The van der Waals surface area contributed by atoms with Crippen LogP contribution in [0.1, 0.15) is 64.7 Å². The lowest BCUT2D eigenvalue weighted by Gasteiger charge is -2.42. The number of carbonyl (C=O) groups excluding carboxylic acids is 1. The molecule has 1 amide bonds. The molecule has 2 atom stereocenters. The molecular formula is C30H39N3O. The molecule has 0 aromatic carbocycles. The lowest BCUT2D eigenvalue weighted by molar-refractivity contribution is -0.135. The molecule has 4 heteroatoms. The average molecular weight is 458 g/mol. The minimum Gasteiger partial charge on any atom is -0.320 e. The molecule has 2 unspecified atom stereocenters. The van der Waals surface area contributed by atoms with Crippen molar-refractivity contribution >= 4 is 5.91 Å². The smallest absolute Gasteiger partial charge is 0.268 e. The average Bonchev–Trinajstić information content (AvgIpc) is 3.67. The number of amides is 1. The van der Waals surface area contributed by atoms with Crippen LogP contribution in [0.3, 0.4) is 0 Å². The number of hydrogen-bond acceptors (Lipinski definition) is 3. The van der Waals surface area contributed by atoms with Crippen LogP contribution in [-0.4, -0.2) is 36.6 Å². The number of hydrazine groups is 1. The monoisotopic (exact) mass is 457 g/mol. The number of carbonyl (C=O) groups is 1. The highest BCUT2D eigenvalue weighted by Crippen LogP contribution is 2.71. The Bertz CT molecular complexity index is 1040. The molecule has 34 heavy (non-hydrogen) atoms. The van der Waals surface area contributed by atoms with E-state index in [0.717, 1.165) is 56.6 Å². The second-order valence-corrected chi connectivity index (χ2v) is 11.0. The van der Waals surface area contributed by atoms with E-state index in [1.54, 1.807) is 16.7 Å². The van der Waals surface area contributed by atoms with Crippen LogP contribution in [0.15, 0.2) is 69.9 Å². The lowest BCUT2D eigenvalue weighted by atomic mass is 9.78. The molecular weight excluding hydrogens is 418 g/mol. The molecule has 0 aromatic rings. The first-order valence-corrected chi connectivity index (χ1v) is 13.7. The second-order valence-electron chi connectivity index (χ2n) is 11.0. The van der Waals surface area contributed by atoms with Crippen LogP contribution in [0.25, 0.3) is 0 Å². The summed E-state index contributed by atoms with van der Waals surface area (Å²) in [6.45, 7) is 3.22. The van der Waals surface area contributed by atoms with Crippen LogP contribution >= 0.6 is 0 Å². The first-order chi connectivity index (χ1) is 16.7. The molecule has 2 bridgehead atoms. The predicted molar refractivity (Wildman–Crippen MR) is 138 cm³/mol. The van der Waals surface area contributed by atoms with Crippen LogP contribution in [0.5, 0.6) is 0 Å². The summed E-state index contributed by atoms with van der Waals surface area (Å²) in [6.07, 6.45) is 24.3. The summed E-state index contributed by atoms with van der Waals surface area (Å²) in [4.78, 5) is 13.8. The van der Waals surface area contributed by atoms with E-state index in [4.69, 9.17) is 0 Å². The van der Waals surface area contributed by atoms with Crippen molar-refractivity contribution in [1.82, 2.24) is 15.8 Å². The highest BCUT2D eigenvalue weighted by Gasteiger charge is 2.62. The summed E-state index contributed by atoms with van der Waals surface area (Å²) in [6, 6.07) is 0.428. The van der Waals surface area contributed by atoms with Crippen molar-refractivity contribution < 1.29 is 4.79 Å². The first-order valence-electron chi connectivity index (χ1n) is 13.7. The quantitative estimate of drug-likeness (QED) is 0.346.